The summed E-state index contributed by atoms with van der Waals surface area (Å²) in [5.41, 5.74) is 1.11. The first-order valence-corrected chi connectivity index (χ1v) is 12.3. The van der Waals surface area contributed by atoms with Crippen molar-refractivity contribution in [1.82, 2.24) is 9.80 Å². The molecule has 34 heavy (non-hydrogen) atoms. The van der Waals surface area contributed by atoms with Crippen LogP contribution in [0.1, 0.15) is 56.5 Å². The molecule has 0 aliphatic heterocycles. The van der Waals surface area contributed by atoms with Crippen LogP contribution in [0.4, 0.5) is 5.69 Å². The minimum Gasteiger partial charge on any atom is -0.461 e. The SMILES string of the molecule is CCN(CC)CCC(CCN(CC)CC)(COC(=O)c1ccc([N+](=O)[O-])cc1)c1ccccc1. The maximum Gasteiger partial charge on any atom is 0.338 e. The number of nitro benzene ring substituents is 1. The number of esters is 1. The Labute approximate surface area is 203 Å². The van der Waals surface area contributed by atoms with Gasteiger partial charge in [-0.3, -0.25) is 10.1 Å². The van der Waals surface area contributed by atoms with Gasteiger partial charge in [-0.15, -0.1) is 0 Å². The highest BCUT2D eigenvalue weighted by atomic mass is 16.6. The third-order valence-corrected chi connectivity index (χ3v) is 6.78. The first-order chi connectivity index (χ1) is 16.4. The van der Waals surface area contributed by atoms with Crippen molar-refractivity contribution < 1.29 is 14.5 Å². The number of rotatable bonds is 15. The first-order valence-electron chi connectivity index (χ1n) is 12.3. The fourth-order valence-corrected chi connectivity index (χ4v) is 4.26. The molecule has 0 unspecified atom stereocenters. The molecular weight excluding hydrogens is 430 g/mol. The van der Waals surface area contributed by atoms with Crippen molar-refractivity contribution in [1.29, 1.82) is 0 Å². The van der Waals surface area contributed by atoms with Crippen LogP contribution in [-0.4, -0.2) is 66.6 Å². The van der Waals surface area contributed by atoms with E-state index < -0.39 is 10.9 Å². The zero-order valence-electron chi connectivity index (χ0n) is 21.0. The van der Waals surface area contributed by atoms with Crippen LogP contribution in [0.25, 0.3) is 0 Å². The summed E-state index contributed by atoms with van der Waals surface area (Å²) in [6, 6.07) is 15.9. The molecule has 2 rings (SSSR count). The Morgan fingerprint density at radius 1 is 0.853 bits per heavy atom. The number of carbonyl (C=O) groups is 1. The number of hydrogen-bond acceptors (Lipinski definition) is 6. The number of nitrogens with zero attached hydrogens (tertiary/aromatic N) is 3. The standard InChI is InChI=1S/C27H39N3O4/c1-5-28(6-2)20-18-27(19-21-29(7-3)8-4,24-12-10-9-11-13-24)22-34-26(31)23-14-16-25(17-15-23)30(32)33/h9-17H,5-8,18-22H2,1-4H3. The second kappa shape index (κ2) is 13.8. The molecule has 0 aliphatic rings. The van der Waals surface area contributed by atoms with Crippen LogP contribution in [0.5, 0.6) is 0 Å². The highest BCUT2D eigenvalue weighted by molar-refractivity contribution is 5.89. The summed E-state index contributed by atoms with van der Waals surface area (Å²) in [6.45, 7) is 14.6. The number of hydrogen-bond donors (Lipinski definition) is 0. The van der Waals surface area contributed by atoms with Crippen LogP contribution in [0.2, 0.25) is 0 Å². The Bertz CT molecular complexity index is 863. The second-order valence-corrected chi connectivity index (χ2v) is 8.58. The fourth-order valence-electron chi connectivity index (χ4n) is 4.26. The molecule has 0 bridgehead atoms. The molecule has 0 aliphatic carbocycles. The summed E-state index contributed by atoms with van der Waals surface area (Å²) in [6.07, 6.45) is 1.74. The lowest BCUT2D eigenvalue weighted by Gasteiger charge is -2.37. The van der Waals surface area contributed by atoms with Gasteiger partial charge in [0.25, 0.3) is 5.69 Å². The second-order valence-electron chi connectivity index (χ2n) is 8.58. The lowest BCUT2D eigenvalue weighted by atomic mass is 9.75. The highest BCUT2D eigenvalue weighted by Gasteiger charge is 2.34. The molecule has 0 fully saturated rings. The maximum absolute atomic E-state index is 12.9. The van der Waals surface area contributed by atoms with Crippen molar-refractivity contribution in [3.63, 3.8) is 0 Å². The van der Waals surface area contributed by atoms with E-state index in [0.717, 1.165) is 52.1 Å². The molecule has 0 N–H and O–H groups in total. The molecule has 2 aromatic carbocycles. The molecular formula is C27H39N3O4. The van der Waals surface area contributed by atoms with Gasteiger partial charge in [-0.25, -0.2) is 4.79 Å². The summed E-state index contributed by atoms with van der Waals surface area (Å²) < 4.78 is 5.90. The van der Waals surface area contributed by atoms with E-state index in [2.05, 4.69) is 49.6 Å². The molecule has 2 aromatic rings. The molecule has 0 amide bonds. The van der Waals surface area contributed by atoms with E-state index >= 15 is 0 Å². The normalized spacial score (nSPS) is 11.7. The number of carbonyl (C=O) groups excluding carboxylic acids is 1. The first kappa shape index (κ1) is 27.5. The molecule has 0 saturated carbocycles. The van der Waals surface area contributed by atoms with Crippen molar-refractivity contribution in [2.24, 2.45) is 0 Å². The van der Waals surface area contributed by atoms with Crippen molar-refractivity contribution >= 4 is 11.7 Å². The monoisotopic (exact) mass is 469 g/mol. The van der Waals surface area contributed by atoms with E-state index in [1.807, 2.05) is 18.2 Å². The molecule has 0 heterocycles. The maximum atomic E-state index is 12.9. The van der Waals surface area contributed by atoms with E-state index in [-0.39, 0.29) is 17.7 Å². The average molecular weight is 470 g/mol. The van der Waals surface area contributed by atoms with Crippen molar-refractivity contribution in [2.75, 3.05) is 45.9 Å². The molecule has 0 radical (unpaired) electrons. The van der Waals surface area contributed by atoms with Crippen LogP contribution >= 0.6 is 0 Å². The zero-order chi connectivity index (χ0) is 25.0. The van der Waals surface area contributed by atoms with Gasteiger partial charge in [0.15, 0.2) is 0 Å². The molecule has 0 spiro atoms. The Kier molecular flexibility index (Phi) is 11.2. The third kappa shape index (κ3) is 7.64. The van der Waals surface area contributed by atoms with Crippen molar-refractivity contribution in [3.05, 3.63) is 75.8 Å². The van der Waals surface area contributed by atoms with E-state index in [1.165, 1.54) is 29.8 Å². The van der Waals surface area contributed by atoms with Gasteiger partial charge >= 0.3 is 5.97 Å². The van der Waals surface area contributed by atoms with Crippen LogP contribution in [0, 0.1) is 10.1 Å². The number of nitro groups is 1. The van der Waals surface area contributed by atoms with E-state index in [0.29, 0.717) is 5.56 Å². The molecule has 7 heteroatoms. The van der Waals surface area contributed by atoms with Crippen LogP contribution in [0.3, 0.4) is 0 Å². The van der Waals surface area contributed by atoms with Gasteiger partial charge in [-0.05, 0) is 69.8 Å². The molecule has 0 saturated heterocycles. The van der Waals surface area contributed by atoms with Crippen LogP contribution < -0.4 is 0 Å². The topological polar surface area (TPSA) is 75.9 Å². The minimum absolute atomic E-state index is 0.0476. The van der Waals surface area contributed by atoms with Gasteiger partial charge in [-0.1, -0.05) is 58.0 Å². The zero-order valence-corrected chi connectivity index (χ0v) is 21.0. The van der Waals surface area contributed by atoms with E-state index in [1.54, 1.807) is 0 Å². The summed E-state index contributed by atoms with van der Waals surface area (Å²) in [5.74, 6) is -0.458. The number of non-ortho nitro benzene ring substituents is 1. The average Bonchev–Trinajstić information content (AvgIpc) is 2.88. The van der Waals surface area contributed by atoms with Gasteiger partial charge in [0.1, 0.15) is 6.61 Å². The summed E-state index contributed by atoms with van der Waals surface area (Å²) in [4.78, 5) is 28.1. The van der Waals surface area contributed by atoms with Crippen LogP contribution in [0.15, 0.2) is 54.6 Å². The quantitative estimate of drug-likeness (QED) is 0.204. The Morgan fingerprint density at radius 3 is 1.79 bits per heavy atom. The highest BCUT2D eigenvalue weighted by Crippen LogP contribution is 2.34. The van der Waals surface area contributed by atoms with Gasteiger partial charge in [0.2, 0.25) is 0 Å². The molecule has 186 valence electrons. The van der Waals surface area contributed by atoms with E-state index in [9.17, 15) is 14.9 Å². The molecule has 0 aromatic heterocycles. The van der Waals surface area contributed by atoms with Gasteiger partial charge in [-0.2, -0.15) is 0 Å². The van der Waals surface area contributed by atoms with E-state index in [4.69, 9.17) is 4.74 Å². The molecule has 0 atom stereocenters. The summed E-state index contributed by atoms with van der Waals surface area (Å²) in [7, 11) is 0. The lowest BCUT2D eigenvalue weighted by Crippen LogP contribution is -2.41. The third-order valence-electron chi connectivity index (χ3n) is 6.78. The van der Waals surface area contributed by atoms with Gasteiger partial charge in [0.05, 0.1) is 10.5 Å². The predicted molar refractivity (Wildman–Crippen MR) is 136 cm³/mol. The summed E-state index contributed by atoms with van der Waals surface area (Å²) >= 11 is 0. The molecule has 7 nitrogen and oxygen atoms in total. The predicted octanol–water partition coefficient (Wildman–Crippen LogP) is 5.15. The summed E-state index contributed by atoms with van der Waals surface area (Å²) in [5, 5.41) is 10.9. The van der Waals surface area contributed by atoms with Gasteiger partial charge < -0.3 is 14.5 Å². The Hall–Kier alpha value is -2.77. The van der Waals surface area contributed by atoms with Crippen molar-refractivity contribution in [3.8, 4) is 0 Å². The number of ether oxygens (including phenoxy) is 1. The lowest BCUT2D eigenvalue weighted by molar-refractivity contribution is -0.384. The minimum atomic E-state index is -0.476. The largest absolute Gasteiger partial charge is 0.461 e. The van der Waals surface area contributed by atoms with Gasteiger partial charge in [0, 0.05) is 17.5 Å². The fraction of sp³-hybridized carbons (Fsp3) is 0.519. The smallest absolute Gasteiger partial charge is 0.338 e. The van der Waals surface area contributed by atoms with Crippen LogP contribution in [-0.2, 0) is 10.2 Å². The number of benzene rings is 2. The Morgan fingerprint density at radius 2 is 1.35 bits per heavy atom. The van der Waals surface area contributed by atoms with Crippen molar-refractivity contribution in [2.45, 2.75) is 46.0 Å². The Balaban J connectivity index is 2.31.